The molecule has 0 aromatic carbocycles. The van der Waals surface area contributed by atoms with Gasteiger partial charge in [-0.05, 0) is 20.8 Å². The lowest BCUT2D eigenvalue weighted by atomic mass is 10.1. The topological polar surface area (TPSA) is 69.7 Å². The smallest absolute Gasteiger partial charge is 0.328 e. The Bertz CT molecular complexity index is 372. The lowest BCUT2D eigenvalue weighted by Crippen LogP contribution is -2.54. The van der Waals surface area contributed by atoms with Crippen LogP contribution in [0.1, 0.15) is 20.8 Å². The van der Waals surface area contributed by atoms with E-state index in [0.717, 1.165) is 0 Å². The molecule has 2 aliphatic rings. The first-order chi connectivity index (χ1) is 7.32. The van der Waals surface area contributed by atoms with Crippen LogP contribution < -0.4 is 5.32 Å². The van der Waals surface area contributed by atoms with Gasteiger partial charge in [-0.1, -0.05) is 0 Å². The number of carbonyl (C=O) groups excluding carboxylic acids is 3. The maximum absolute atomic E-state index is 12.0. The molecule has 0 aromatic rings. The van der Waals surface area contributed by atoms with Crippen LogP contribution in [0.4, 0.5) is 4.79 Å². The number of carbonyl (C=O) groups is 3. The number of fused-ring (bicyclic) bond motifs is 1. The second-order valence-electron chi connectivity index (χ2n) is 5.07. The third-order valence-corrected chi connectivity index (χ3v) is 2.80. The monoisotopic (exact) mass is 225 g/mol. The second kappa shape index (κ2) is 3.20. The van der Waals surface area contributed by atoms with Crippen LogP contribution in [-0.4, -0.2) is 52.3 Å². The molecule has 0 saturated carbocycles. The van der Waals surface area contributed by atoms with Gasteiger partial charge < -0.3 is 10.2 Å². The summed E-state index contributed by atoms with van der Waals surface area (Å²) in [6, 6.07) is -0.887. The number of rotatable bonds is 0. The van der Waals surface area contributed by atoms with E-state index in [1.165, 1.54) is 9.80 Å². The van der Waals surface area contributed by atoms with Crippen molar-refractivity contribution in [3.63, 3.8) is 0 Å². The molecule has 0 spiro atoms. The Morgan fingerprint density at radius 1 is 1.25 bits per heavy atom. The summed E-state index contributed by atoms with van der Waals surface area (Å²) in [5.41, 5.74) is -0.547. The van der Waals surface area contributed by atoms with Crippen molar-refractivity contribution >= 4 is 17.8 Å². The van der Waals surface area contributed by atoms with Gasteiger partial charge in [0.25, 0.3) is 5.91 Å². The highest BCUT2D eigenvalue weighted by molar-refractivity contribution is 6.07. The maximum atomic E-state index is 12.0. The summed E-state index contributed by atoms with van der Waals surface area (Å²) in [4.78, 5) is 37.8. The van der Waals surface area contributed by atoms with Crippen LogP contribution in [0.25, 0.3) is 0 Å². The zero-order valence-corrected chi connectivity index (χ0v) is 9.61. The van der Waals surface area contributed by atoms with Gasteiger partial charge >= 0.3 is 6.03 Å². The second-order valence-corrected chi connectivity index (χ2v) is 5.07. The van der Waals surface area contributed by atoms with Crippen LogP contribution >= 0.6 is 0 Å². The van der Waals surface area contributed by atoms with Crippen molar-refractivity contribution in [3.05, 3.63) is 0 Å². The molecule has 6 heteroatoms. The average molecular weight is 225 g/mol. The summed E-state index contributed by atoms with van der Waals surface area (Å²) in [6.45, 7) is 5.60. The molecule has 0 aliphatic carbocycles. The van der Waals surface area contributed by atoms with Gasteiger partial charge in [-0.15, -0.1) is 0 Å². The molecule has 2 heterocycles. The summed E-state index contributed by atoms with van der Waals surface area (Å²) < 4.78 is 0. The maximum Gasteiger partial charge on any atom is 0.328 e. The summed E-state index contributed by atoms with van der Waals surface area (Å²) in [7, 11) is 0. The fraction of sp³-hybridized carbons (Fsp3) is 0.700. The standard InChI is InChI=1S/C10H15N3O3/c1-10(2,3)13-8(15)6-4-11-7(14)5-12(6)9(13)16/h6H,4-5H2,1-3H3,(H,11,14). The molecule has 0 aromatic heterocycles. The van der Waals surface area contributed by atoms with Gasteiger partial charge in [0.05, 0.1) is 0 Å². The minimum absolute atomic E-state index is 0.0260. The number of amides is 4. The lowest BCUT2D eigenvalue weighted by Gasteiger charge is -2.29. The number of nitrogens with zero attached hydrogens (tertiary/aromatic N) is 2. The van der Waals surface area contributed by atoms with E-state index in [1.54, 1.807) is 20.8 Å². The van der Waals surface area contributed by atoms with Gasteiger partial charge in [-0.25, -0.2) is 4.79 Å². The predicted molar refractivity (Wildman–Crippen MR) is 55.5 cm³/mol. The van der Waals surface area contributed by atoms with Crippen molar-refractivity contribution in [2.45, 2.75) is 32.4 Å². The summed E-state index contributed by atoms with van der Waals surface area (Å²) in [5.74, 6) is -0.439. The van der Waals surface area contributed by atoms with Crippen LogP contribution in [0.5, 0.6) is 0 Å². The fourth-order valence-electron chi connectivity index (χ4n) is 2.05. The minimum atomic E-state index is -0.547. The van der Waals surface area contributed by atoms with Crippen molar-refractivity contribution in [1.29, 1.82) is 0 Å². The summed E-state index contributed by atoms with van der Waals surface area (Å²) in [5, 5.41) is 2.60. The average Bonchev–Trinajstić information content (AvgIpc) is 2.38. The van der Waals surface area contributed by atoms with E-state index in [-0.39, 0.29) is 30.9 Å². The van der Waals surface area contributed by atoms with E-state index in [0.29, 0.717) is 0 Å². The highest BCUT2D eigenvalue weighted by Gasteiger charge is 2.51. The molecule has 2 aliphatic heterocycles. The van der Waals surface area contributed by atoms with Gasteiger partial charge in [0, 0.05) is 12.1 Å². The first-order valence-electron chi connectivity index (χ1n) is 5.24. The van der Waals surface area contributed by atoms with Gasteiger partial charge in [-0.3, -0.25) is 14.5 Å². The van der Waals surface area contributed by atoms with Crippen LogP contribution in [0, 0.1) is 0 Å². The molecule has 1 unspecified atom stereocenters. The van der Waals surface area contributed by atoms with Gasteiger partial charge in [-0.2, -0.15) is 0 Å². The Morgan fingerprint density at radius 2 is 1.88 bits per heavy atom. The van der Waals surface area contributed by atoms with E-state index in [9.17, 15) is 14.4 Å². The van der Waals surface area contributed by atoms with Crippen molar-refractivity contribution in [1.82, 2.24) is 15.1 Å². The molecule has 16 heavy (non-hydrogen) atoms. The van der Waals surface area contributed by atoms with Crippen LogP contribution in [-0.2, 0) is 9.59 Å². The molecular formula is C10H15N3O3. The molecule has 2 rings (SSSR count). The molecule has 0 radical (unpaired) electrons. The molecule has 1 atom stereocenters. The number of piperazine rings is 1. The quantitative estimate of drug-likeness (QED) is 0.567. The Morgan fingerprint density at radius 3 is 2.44 bits per heavy atom. The lowest BCUT2D eigenvalue weighted by molar-refractivity contribution is -0.132. The van der Waals surface area contributed by atoms with E-state index in [2.05, 4.69) is 5.32 Å². The largest absolute Gasteiger partial charge is 0.352 e. The molecule has 6 nitrogen and oxygen atoms in total. The van der Waals surface area contributed by atoms with Gasteiger partial charge in [0.1, 0.15) is 12.6 Å². The number of hydrogen-bond acceptors (Lipinski definition) is 3. The molecule has 0 bridgehead atoms. The first-order valence-corrected chi connectivity index (χ1v) is 5.24. The van der Waals surface area contributed by atoms with E-state index in [1.807, 2.05) is 0 Å². The van der Waals surface area contributed by atoms with Crippen LogP contribution in [0.3, 0.4) is 0 Å². The van der Waals surface area contributed by atoms with Gasteiger partial charge in [0.2, 0.25) is 5.91 Å². The van der Waals surface area contributed by atoms with E-state index in [4.69, 9.17) is 0 Å². The number of hydrogen-bond donors (Lipinski definition) is 1. The normalized spacial score (nSPS) is 25.9. The van der Waals surface area contributed by atoms with Crippen molar-refractivity contribution in [3.8, 4) is 0 Å². The zero-order chi connectivity index (χ0) is 12.1. The Labute approximate surface area is 93.6 Å². The van der Waals surface area contributed by atoms with Gasteiger partial charge in [0.15, 0.2) is 0 Å². The van der Waals surface area contributed by atoms with Crippen LogP contribution in [0.2, 0.25) is 0 Å². The Kier molecular flexibility index (Phi) is 2.18. The summed E-state index contributed by atoms with van der Waals surface area (Å²) in [6.07, 6.45) is 0. The molecule has 4 amide bonds. The molecule has 1 N–H and O–H groups in total. The fourth-order valence-corrected chi connectivity index (χ4v) is 2.05. The summed E-state index contributed by atoms with van der Waals surface area (Å²) >= 11 is 0. The molecule has 88 valence electrons. The van der Waals surface area contributed by atoms with E-state index < -0.39 is 11.6 Å². The highest BCUT2D eigenvalue weighted by Crippen LogP contribution is 2.26. The SMILES string of the molecule is CC(C)(C)N1C(=O)C2CNC(=O)CN2C1=O. The Balaban J connectivity index is 2.31. The Hall–Kier alpha value is -1.59. The minimum Gasteiger partial charge on any atom is -0.352 e. The highest BCUT2D eigenvalue weighted by atomic mass is 16.2. The number of urea groups is 1. The number of nitrogens with one attached hydrogen (secondary N) is 1. The first kappa shape index (κ1) is 10.9. The third-order valence-electron chi connectivity index (χ3n) is 2.80. The number of imide groups is 1. The van der Waals surface area contributed by atoms with Crippen LogP contribution in [0.15, 0.2) is 0 Å². The molecular weight excluding hydrogens is 210 g/mol. The molecule has 2 fully saturated rings. The van der Waals surface area contributed by atoms with E-state index >= 15 is 0 Å². The molecule has 2 saturated heterocycles. The predicted octanol–water partition coefficient (Wildman–Crippen LogP) is -0.452. The van der Waals surface area contributed by atoms with Crippen molar-refractivity contribution < 1.29 is 14.4 Å². The third kappa shape index (κ3) is 1.45. The zero-order valence-electron chi connectivity index (χ0n) is 9.61. The van der Waals surface area contributed by atoms with Crippen molar-refractivity contribution in [2.75, 3.05) is 13.1 Å². The van der Waals surface area contributed by atoms with Crippen molar-refractivity contribution in [2.24, 2.45) is 0 Å².